The Kier molecular flexibility index (Phi) is 6.74. The molecule has 0 spiro atoms. The average Bonchev–Trinajstić information content (AvgIpc) is 2.59. The Bertz CT molecular complexity index is 772. The summed E-state index contributed by atoms with van der Waals surface area (Å²) >= 11 is 0. The van der Waals surface area contributed by atoms with Crippen molar-refractivity contribution in [2.24, 2.45) is 0 Å². The van der Waals surface area contributed by atoms with Gasteiger partial charge in [-0.2, -0.15) is 18.2 Å². The topological polar surface area (TPSA) is 47.5 Å². The van der Waals surface area contributed by atoms with Crippen LogP contribution in [-0.4, -0.2) is 29.2 Å². The van der Waals surface area contributed by atoms with E-state index in [0.29, 0.717) is 18.0 Å². The molecule has 0 aliphatic carbocycles. The molecule has 5 nitrogen and oxygen atoms in total. The highest BCUT2D eigenvalue weighted by atomic mass is 19.4. The van der Waals surface area contributed by atoms with Crippen molar-refractivity contribution in [3.8, 4) is 11.8 Å². The first-order valence-corrected chi connectivity index (χ1v) is 9.11. The smallest absolute Gasteiger partial charge is 0.421 e. The number of unbranched alkanes of at least 4 members (excludes halogenated alkanes) is 1. The summed E-state index contributed by atoms with van der Waals surface area (Å²) in [5, 5.41) is 0. The van der Waals surface area contributed by atoms with Crippen LogP contribution in [0.15, 0.2) is 30.5 Å². The molecule has 0 bridgehead atoms. The summed E-state index contributed by atoms with van der Waals surface area (Å²) in [5.74, 6) is 0.366. The van der Waals surface area contributed by atoms with E-state index in [2.05, 4.69) is 9.97 Å². The first-order valence-electron chi connectivity index (χ1n) is 9.11. The van der Waals surface area contributed by atoms with E-state index < -0.39 is 11.7 Å². The van der Waals surface area contributed by atoms with Crippen molar-refractivity contribution in [2.45, 2.75) is 52.3 Å². The first kappa shape index (κ1) is 21.8. The highest BCUT2D eigenvalue weighted by Crippen LogP contribution is 2.38. The second kappa shape index (κ2) is 8.67. The number of anilines is 2. The van der Waals surface area contributed by atoms with Crippen molar-refractivity contribution in [3.05, 3.63) is 36.0 Å². The van der Waals surface area contributed by atoms with Crippen LogP contribution in [0.1, 0.15) is 46.1 Å². The fraction of sp³-hybridized carbons (Fsp3) is 0.500. The molecule has 1 aromatic heterocycles. The van der Waals surface area contributed by atoms with Gasteiger partial charge in [0.25, 0.3) is 0 Å². The summed E-state index contributed by atoms with van der Waals surface area (Å²) in [7, 11) is 1.52. The van der Waals surface area contributed by atoms with E-state index in [9.17, 15) is 13.2 Å². The van der Waals surface area contributed by atoms with Crippen LogP contribution in [0, 0.1) is 0 Å². The number of hydrogen-bond donors (Lipinski definition) is 0. The lowest BCUT2D eigenvalue weighted by Crippen LogP contribution is -2.23. The lowest BCUT2D eigenvalue weighted by atomic mass is 10.2. The van der Waals surface area contributed by atoms with Crippen LogP contribution in [0.4, 0.5) is 24.7 Å². The number of alkyl halides is 3. The van der Waals surface area contributed by atoms with Gasteiger partial charge in [0.15, 0.2) is 5.82 Å². The third kappa shape index (κ3) is 6.00. The molecule has 8 heteroatoms. The largest absolute Gasteiger partial charge is 0.488 e. The lowest BCUT2D eigenvalue weighted by molar-refractivity contribution is -0.137. The van der Waals surface area contributed by atoms with Gasteiger partial charge in [0.05, 0.1) is 6.61 Å². The Labute approximate surface area is 163 Å². The van der Waals surface area contributed by atoms with E-state index in [1.54, 1.807) is 24.3 Å². The summed E-state index contributed by atoms with van der Waals surface area (Å²) in [6.07, 6.45) is -2.15. The van der Waals surface area contributed by atoms with Crippen molar-refractivity contribution in [1.82, 2.24) is 9.97 Å². The summed E-state index contributed by atoms with van der Waals surface area (Å²) in [6, 6.07) is 6.71. The van der Waals surface area contributed by atoms with Gasteiger partial charge in [-0.15, -0.1) is 0 Å². The van der Waals surface area contributed by atoms with Gasteiger partial charge < -0.3 is 14.4 Å². The normalized spacial score (nSPS) is 12.0. The number of hydrogen-bond acceptors (Lipinski definition) is 5. The molecule has 0 fully saturated rings. The number of rotatable bonds is 7. The third-order valence-electron chi connectivity index (χ3n) is 3.75. The van der Waals surface area contributed by atoms with Gasteiger partial charge in [-0.05, 0) is 51.5 Å². The maximum absolute atomic E-state index is 13.4. The zero-order valence-corrected chi connectivity index (χ0v) is 16.8. The number of aromatic nitrogens is 2. The average molecular weight is 397 g/mol. The summed E-state index contributed by atoms with van der Waals surface area (Å²) < 4.78 is 51.5. The predicted octanol–water partition coefficient (Wildman–Crippen LogP) is 5.62. The molecule has 0 atom stereocenters. The molecular formula is C20H26F3N3O2. The molecule has 0 amide bonds. The molecule has 0 saturated carbocycles. The zero-order chi connectivity index (χ0) is 20.9. The fourth-order valence-corrected chi connectivity index (χ4v) is 2.40. The SMILES string of the molecule is CCCCOc1ncc(C(F)(F)F)c(N(C)c2ccc(OC(C)(C)C)cc2)n1. The molecule has 0 N–H and O–H groups in total. The summed E-state index contributed by atoms with van der Waals surface area (Å²) in [6.45, 7) is 8.10. The molecule has 0 aliphatic heterocycles. The Morgan fingerprint density at radius 3 is 2.25 bits per heavy atom. The van der Waals surface area contributed by atoms with E-state index in [1.807, 2.05) is 27.7 Å². The van der Waals surface area contributed by atoms with Crippen molar-refractivity contribution in [2.75, 3.05) is 18.6 Å². The Morgan fingerprint density at radius 2 is 1.71 bits per heavy atom. The minimum atomic E-state index is -4.58. The van der Waals surface area contributed by atoms with E-state index in [4.69, 9.17) is 9.47 Å². The fourth-order valence-electron chi connectivity index (χ4n) is 2.40. The van der Waals surface area contributed by atoms with Gasteiger partial charge in [-0.25, -0.2) is 4.98 Å². The Hall–Kier alpha value is -2.51. The van der Waals surface area contributed by atoms with E-state index in [1.165, 1.54) is 11.9 Å². The molecule has 2 aromatic rings. The van der Waals surface area contributed by atoms with Crippen LogP contribution in [0.3, 0.4) is 0 Å². The maximum Gasteiger partial charge on any atom is 0.421 e. The van der Waals surface area contributed by atoms with Crippen molar-refractivity contribution >= 4 is 11.5 Å². The first-order chi connectivity index (χ1) is 13.0. The van der Waals surface area contributed by atoms with Gasteiger partial charge in [0, 0.05) is 18.9 Å². The minimum absolute atomic E-state index is 0.0732. The lowest BCUT2D eigenvalue weighted by Gasteiger charge is -2.24. The number of nitrogens with zero attached hydrogens (tertiary/aromatic N) is 3. The number of halogens is 3. The Morgan fingerprint density at radius 1 is 1.07 bits per heavy atom. The second-order valence-corrected chi connectivity index (χ2v) is 7.36. The van der Waals surface area contributed by atoms with Crippen molar-refractivity contribution < 1.29 is 22.6 Å². The standard InChI is InChI=1S/C20H26F3N3O2/c1-6-7-12-27-18-24-13-16(20(21,22)23)17(25-18)26(5)14-8-10-15(11-9-14)28-19(2,3)4/h8-11,13H,6-7,12H2,1-5H3. The Balaban J connectivity index is 2.33. The van der Waals surface area contributed by atoms with Crippen LogP contribution >= 0.6 is 0 Å². The molecule has 154 valence electrons. The minimum Gasteiger partial charge on any atom is -0.488 e. The molecule has 0 saturated heterocycles. The van der Waals surface area contributed by atoms with E-state index >= 15 is 0 Å². The number of benzene rings is 1. The molecule has 1 aromatic carbocycles. The highest BCUT2D eigenvalue weighted by molar-refractivity contribution is 5.63. The van der Waals surface area contributed by atoms with Crippen LogP contribution in [0.2, 0.25) is 0 Å². The van der Waals surface area contributed by atoms with Crippen LogP contribution in [0.5, 0.6) is 11.8 Å². The molecular weight excluding hydrogens is 371 g/mol. The van der Waals surface area contributed by atoms with Crippen molar-refractivity contribution in [3.63, 3.8) is 0 Å². The second-order valence-electron chi connectivity index (χ2n) is 7.36. The third-order valence-corrected chi connectivity index (χ3v) is 3.75. The van der Waals surface area contributed by atoms with Crippen LogP contribution < -0.4 is 14.4 Å². The molecule has 0 radical (unpaired) electrons. The molecule has 1 heterocycles. The van der Waals surface area contributed by atoms with Gasteiger partial charge in [-0.3, -0.25) is 0 Å². The molecule has 28 heavy (non-hydrogen) atoms. The monoisotopic (exact) mass is 397 g/mol. The van der Waals surface area contributed by atoms with Gasteiger partial charge in [-0.1, -0.05) is 13.3 Å². The van der Waals surface area contributed by atoms with Gasteiger partial charge in [0.2, 0.25) is 0 Å². The summed E-state index contributed by atoms with van der Waals surface area (Å²) in [4.78, 5) is 9.08. The quantitative estimate of drug-likeness (QED) is 0.568. The summed E-state index contributed by atoms with van der Waals surface area (Å²) in [5.41, 5.74) is -0.758. The zero-order valence-electron chi connectivity index (χ0n) is 16.8. The van der Waals surface area contributed by atoms with Crippen molar-refractivity contribution in [1.29, 1.82) is 0 Å². The van der Waals surface area contributed by atoms with Crippen LogP contribution in [-0.2, 0) is 6.18 Å². The van der Waals surface area contributed by atoms with E-state index in [-0.39, 0.29) is 17.4 Å². The van der Waals surface area contributed by atoms with E-state index in [0.717, 1.165) is 19.0 Å². The maximum atomic E-state index is 13.4. The van der Waals surface area contributed by atoms with Gasteiger partial charge >= 0.3 is 12.2 Å². The molecule has 2 rings (SSSR count). The predicted molar refractivity (Wildman–Crippen MR) is 102 cm³/mol. The molecule has 0 unspecified atom stereocenters. The van der Waals surface area contributed by atoms with Gasteiger partial charge in [0.1, 0.15) is 16.9 Å². The number of ether oxygens (including phenoxy) is 2. The van der Waals surface area contributed by atoms with Crippen LogP contribution in [0.25, 0.3) is 0 Å². The molecule has 0 aliphatic rings. The highest BCUT2D eigenvalue weighted by Gasteiger charge is 2.36.